The molecule has 0 amide bonds. The number of oxazole rings is 1. The molecule has 0 saturated carbocycles. The number of ether oxygens (including phenoxy) is 1. The summed E-state index contributed by atoms with van der Waals surface area (Å²) in [6.45, 7) is 2.63. The van der Waals surface area contributed by atoms with E-state index < -0.39 is 23.9 Å². The second kappa shape index (κ2) is 9.74. The Bertz CT molecular complexity index is 1660. The van der Waals surface area contributed by atoms with Crippen LogP contribution in [0.15, 0.2) is 62.6 Å². The number of benzene rings is 1. The number of morpholine rings is 1. The largest absolute Gasteiger partial charge is 0.420 e. The van der Waals surface area contributed by atoms with Gasteiger partial charge in [0, 0.05) is 42.7 Å². The highest BCUT2D eigenvalue weighted by atomic mass is 19.3. The van der Waals surface area contributed by atoms with E-state index in [0.717, 1.165) is 5.69 Å². The van der Waals surface area contributed by atoms with Crippen LogP contribution in [-0.2, 0) is 11.3 Å². The molecule has 194 valence electrons. The zero-order valence-corrected chi connectivity index (χ0v) is 19.7. The molecule has 4 aromatic heterocycles. The number of fused-ring (bicyclic) bond motifs is 1. The number of aromatic nitrogens is 5. The van der Waals surface area contributed by atoms with Gasteiger partial charge in [0.05, 0.1) is 48.4 Å². The van der Waals surface area contributed by atoms with Crippen molar-refractivity contribution in [1.82, 2.24) is 24.7 Å². The minimum Gasteiger partial charge on any atom is -0.415 e. The van der Waals surface area contributed by atoms with Crippen molar-refractivity contribution >= 4 is 16.8 Å². The fourth-order valence-electron chi connectivity index (χ4n) is 4.27. The minimum absolute atomic E-state index is 0.00884. The van der Waals surface area contributed by atoms with E-state index in [2.05, 4.69) is 25.1 Å². The van der Waals surface area contributed by atoms with Gasteiger partial charge >= 0.3 is 12.2 Å². The van der Waals surface area contributed by atoms with Crippen LogP contribution in [0.5, 0.6) is 0 Å². The maximum absolute atomic E-state index is 15.3. The van der Waals surface area contributed by atoms with Crippen LogP contribution in [0.3, 0.4) is 0 Å². The van der Waals surface area contributed by atoms with Gasteiger partial charge in [0.1, 0.15) is 5.82 Å². The monoisotopic (exact) mass is 524 g/mol. The molecule has 0 N–H and O–H groups in total. The van der Waals surface area contributed by atoms with Gasteiger partial charge in [-0.1, -0.05) is 0 Å². The van der Waals surface area contributed by atoms with Crippen LogP contribution in [0.25, 0.3) is 33.7 Å². The average Bonchev–Trinajstić information content (AvgIpc) is 3.55. The van der Waals surface area contributed by atoms with Gasteiger partial charge in [0.25, 0.3) is 5.89 Å². The van der Waals surface area contributed by atoms with Gasteiger partial charge in [-0.3, -0.25) is 14.5 Å². The molecule has 6 rings (SSSR count). The number of hydrogen-bond donors (Lipinski definition) is 0. The number of pyridine rings is 2. The molecule has 0 radical (unpaired) electrons. The third-order valence-corrected chi connectivity index (χ3v) is 6.19. The molecule has 10 nitrogen and oxygen atoms in total. The summed E-state index contributed by atoms with van der Waals surface area (Å²) in [5.41, 5.74) is 2.91. The average molecular weight is 524 g/mol. The molecule has 1 fully saturated rings. The summed E-state index contributed by atoms with van der Waals surface area (Å²) in [4.78, 5) is 23.3. The third kappa shape index (κ3) is 4.52. The third-order valence-electron chi connectivity index (χ3n) is 6.19. The van der Waals surface area contributed by atoms with E-state index >= 15 is 4.39 Å². The van der Waals surface area contributed by atoms with Crippen molar-refractivity contribution < 1.29 is 26.7 Å². The number of rotatable bonds is 6. The Morgan fingerprint density at radius 1 is 0.974 bits per heavy atom. The van der Waals surface area contributed by atoms with Crippen LogP contribution in [0, 0.1) is 5.82 Å². The number of alkyl halides is 2. The lowest BCUT2D eigenvalue weighted by Gasteiger charge is -2.28. The normalized spacial score (nSPS) is 14.1. The molecule has 1 aliphatic heterocycles. The van der Waals surface area contributed by atoms with Crippen LogP contribution < -0.4 is 10.7 Å². The standard InChI is InChI=1S/C25H19F3N6O4/c26-19-9-20-21(8-18(19)15-7-17(12-29-10-15)33-3-5-36-6-4-33)37-25(35)34(20)13-16-2-1-14(11-30-16)23-31-32-24(38-23)22(27)28/h1-2,7-12,22H,3-6,13H2. The number of anilines is 1. The van der Waals surface area contributed by atoms with Crippen molar-refractivity contribution in [3.05, 3.63) is 76.9 Å². The predicted octanol–water partition coefficient (Wildman–Crippen LogP) is 4.06. The molecule has 1 aromatic carbocycles. The maximum Gasteiger partial charge on any atom is 0.420 e. The van der Waals surface area contributed by atoms with Crippen LogP contribution in [0.4, 0.5) is 18.9 Å². The van der Waals surface area contributed by atoms with Crippen LogP contribution >= 0.6 is 0 Å². The second-order valence-corrected chi connectivity index (χ2v) is 8.57. The molecule has 1 saturated heterocycles. The molecule has 0 spiro atoms. The fourth-order valence-corrected chi connectivity index (χ4v) is 4.27. The maximum atomic E-state index is 15.3. The Balaban J connectivity index is 1.28. The Morgan fingerprint density at radius 3 is 2.55 bits per heavy atom. The zero-order valence-electron chi connectivity index (χ0n) is 19.7. The molecule has 0 unspecified atom stereocenters. The SMILES string of the molecule is O=c1oc2cc(-c3cncc(N4CCOCC4)c3)c(F)cc2n1Cc1ccc(-c2nnc(C(F)F)o2)cn1. The van der Waals surface area contributed by atoms with Gasteiger partial charge in [0.15, 0.2) is 5.58 Å². The van der Waals surface area contributed by atoms with Gasteiger partial charge < -0.3 is 18.5 Å². The van der Waals surface area contributed by atoms with Crippen LogP contribution in [0.1, 0.15) is 18.0 Å². The van der Waals surface area contributed by atoms with Crippen molar-refractivity contribution in [3.8, 4) is 22.6 Å². The molecule has 5 aromatic rings. The van der Waals surface area contributed by atoms with Gasteiger partial charge in [0.2, 0.25) is 5.89 Å². The summed E-state index contributed by atoms with van der Waals surface area (Å²) in [5, 5.41) is 6.87. The number of nitrogens with zero attached hydrogens (tertiary/aromatic N) is 6. The molecular weight excluding hydrogens is 505 g/mol. The highest BCUT2D eigenvalue weighted by Crippen LogP contribution is 2.30. The van der Waals surface area contributed by atoms with Gasteiger partial charge in [-0.25, -0.2) is 9.18 Å². The van der Waals surface area contributed by atoms with E-state index in [1.807, 2.05) is 6.07 Å². The summed E-state index contributed by atoms with van der Waals surface area (Å²) in [6.07, 6.45) is 1.76. The molecule has 13 heteroatoms. The van der Waals surface area contributed by atoms with Gasteiger partial charge in [-0.15, -0.1) is 10.2 Å². The highest BCUT2D eigenvalue weighted by molar-refractivity contribution is 5.81. The first kappa shape index (κ1) is 23.9. The van der Waals surface area contributed by atoms with Crippen molar-refractivity contribution in [3.63, 3.8) is 0 Å². The summed E-state index contributed by atoms with van der Waals surface area (Å²) in [7, 11) is 0. The zero-order chi connectivity index (χ0) is 26.2. The Labute approximate surface area is 212 Å². The lowest BCUT2D eigenvalue weighted by Crippen LogP contribution is -2.36. The van der Waals surface area contributed by atoms with Crippen molar-refractivity contribution in [2.45, 2.75) is 13.0 Å². The Kier molecular flexibility index (Phi) is 6.12. The van der Waals surface area contributed by atoms with E-state index in [9.17, 15) is 13.6 Å². The van der Waals surface area contributed by atoms with Crippen LogP contribution in [-0.4, -0.2) is 51.0 Å². The minimum atomic E-state index is -2.88. The first-order valence-electron chi connectivity index (χ1n) is 11.6. The number of hydrogen-bond acceptors (Lipinski definition) is 9. The first-order chi connectivity index (χ1) is 18.5. The quantitative estimate of drug-likeness (QED) is 0.325. The second-order valence-electron chi connectivity index (χ2n) is 8.57. The highest BCUT2D eigenvalue weighted by Gasteiger charge is 2.19. The number of halogens is 3. The summed E-state index contributed by atoms with van der Waals surface area (Å²) >= 11 is 0. The molecular formula is C25H19F3N6O4. The van der Waals surface area contributed by atoms with Crippen molar-refractivity contribution in [1.29, 1.82) is 0 Å². The van der Waals surface area contributed by atoms with E-state index in [0.29, 0.717) is 43.1 Å². The van der Waals surface area contributed by atoms with Gasteiger partial charge in [-0.2, -0.15) is 8.78 Å². The Morgan fingerprint density at radius 2 is 1.82 bits per heavy atom. The van der Waals surface area contributed by atoms with E-state index in [4.69, 9.17) is 13.6 Å². The van der Waals surface area contributed by atoms with Crippen molar-refractivity contribution in [2.75, 3.05) is 31.2 Å². The first-order valence-corrected chi connectivity index (χ1v) is 11.6. The molecule has 1 aliphatic rings. The summed E-state index contributed by atoms with van der Waals surface area (Å²) in [5.74, 6) is -2.11. The molecule has 0 aliphatic carbocycles. The van der Waals surface area contributed by atoms with E-state index in [-0.39, 0.29) is 29.1 Å². The van der Waals surface area contributed by atoms with Crippen molar-refractivity contribution in [2.24, 2.45) is 0 Å². The molecule has 5 heterocycles. The smallest absolute Gasteiger partial charge is 0.415 e. The van der Waals surface area contributed by atoms with E-state index in [1.165, 1.54) is 22.9 Å². The van der Waals surface area contributed by atoms with Gasteiger partial charge in [-0.05, 0) is 24.3 Å². The summed E-state index contributed by atoms with van der Waals surface area (Å²) in [6, 6.07) is 7.69. The summed E-state index contributed by atoms with van der Waals surface area (Å²) < 4.78 is 57.7. The van der Waals surface area contributed by atoms with E-state index in [1.54, 1.807) is 24.5 Å². The lowest BCUT2D eigenvalue weighted by atomic mass is 10.1. The Hall–Kier alpha value is -4.52. The molecule has 0 bridgehead atoms. The topological polar surface area (TPSA) is 112 Å². The molecule has 0 atom stereocenters. The predicted molar refractivity (Wildman–Crippen MR) is 128 cm³/mol. The van der Waals surface area contributed by atoms with Crippen LogP contribution in [0.2, 0.25) is 0 Å². The lowest BCUT2D eigenvalue weighted by molar-refractivity contribution is 0.116. The fraction of sp³-hybridized carbons (Fsp3) is 0.240. The molecule has 38 heavy (non-hydrogen) atoms.